The molecule has 228 valence electrons. The van der Waals surface area contributed by atoms with Crippen molar-refractivity contribution in [3.8, 4) is 23.3 Å². The van der Waals surface area contributed by atoms with Crippen molar-refractivity contribution < 1.29 is 62.2 Å². The minimum Gasteiger partial charge on any atom is -0.507 e. The number of phenols is 2. The molecule has 1 saturated heterocycles. The minimum atomic E-state index is -5.24. The Morgan fingerprint density at radius 3 is 2.47 bits per heavy atom. The topological polar surface area (TPSA) is 196 Å². The number of ketones is 2. The number of aliphatic hydroxyl groups is 2. The average Bonchev–Trinajstić information content (AvgIpc) is 2.94. The van der Waals surface area contributed by atoms with Crippen molar-refractivity contribution in [3.05, 3.63) is 51.6 Å². The zero-order chi connectivity index (χ0) is 31.6. The van der Waals surface area contributed by atoms with E-state index in [0.29, 0.717) is 0 Å². The number of nitriles is 1. The fraction of sp³-hybridized carbons (Fsp3) is 0.429. The summed E-state index contributed by atoms with van der Waals surface area (Å²) < 4.78 is 55.3. The summed E-state index contributed by atoms with van der Waals surface area (Å²) in [7, 11) is 1.27. The number of alkyl halides is 3. The number of amides is 1. The van der Waals surface area contributed by atoms with Crippen LogP contribution in [0, 0.1) is 11.3 Å². The summed E-state index contributed by atoms with van der Waals surface area (Å²) >= 11 is 0. The normalized spacial score (nSPS) is 28.3. The van der Waals surface area contributed by atoms with Crippen molar-refractivity contribution in [2.24, 2.45) is 0 Å². The number of carbonyl (C=O) groups is 3. The van der Waals surface area contributed by atoms with E-state index in [0.717, 1.165) is 0 Å². The monoisotopic (exact) mass is 606 g/mol. The van der Waals surface area contributed by atoms with E-state index in [1.165, 1.54) is 32.2 Å². The molecule has 12 nitrogen and oxygen atoms in total. The number of nitrogens with zero attached hydrogens (tertiary/aromatic N) is 1. The van der Waals surface area contributed by atoms with E-state index >= 15 is 0 Å². The highest BCUT2D eigenvalue weighted by Gasteiger charge is 2.49. The number of ether oxygens (including phenoxy) is 3. The van der Waals surface area contributed by atoms with Gasteiger partial charge in [-0.05, 0) is 13.0 Å². The second-order valence-corrected chi connectivity index (χ2v) is 10.6. The second-order valence-electron chi connectivity index (χ2n) is 10.6. The maximum Gasteiger partial charge on any atom is 0.471 e. The fourth-order valence-corrected chi connectivity index (χ4v) is 5.83. The molecule has 2 aliphatic carbocycles. The Hall–Kier alpha value is -4.23. The lowest BCUT2D eigenvalue weighted by Crippen LogP contribution is -2.57. The Bertz CT molecular complexity index is 1590. The lowest BCUT2D eigenvalue weighted by Gasteiger charge is -2.42. The van der Waals surface area contributed by atoms with Crippen LogP contribution in [0.2, 0.25) is 0 Å². The summed E-state index contributed by atoms with van der Waals surface area (Å²) in [6.07, 6.45) is -12.6. The first-order chi connectivity index (χ1) is 20.1. The van der Waals surface area contributed by atoms with Crippen LogP contribution >= 0.6 is 0 Å². The van der Waals surface area contributed by atoms with Crippen LogP contribution in [-0.2, 0) is 20.7 Å². The van der Waals surface area contributed by atoms with Gasteiger partial charge in [0.05, 0.1) is 48.1 Å². The number of benzene rings is 2. The Morgan fingerprint density at radius 1 is 1.16 bits per heavy atom. The molecule has 5 rings (SSSR count). The molecule has 43 heavy (non-hydrogen) atoms. The Kier molecular flexibility index (Phi) is 7.38. The van der Waals surface area contributed by atoms with Gasteiger partial charge < -0.3 is 40.0 Å². The van der Waals surface area contributed by atoms with Crippen molar-refractivity contribution in [1.82, 2.24) is 5.32 Å². The van der Waals surface area contributed by atoms with Gasteiger partial charge in [0.2, 0.25) is 5.78 Å². The average molecular weight is 607 g/mol. The predicted octanol–water partition coefficient (Wildman–Crippen LogP) is 1.68. The van der Waals surface area contributed by atoms with Gasteiger partial charge in [-0.3, -0.25) is 14.4 Å². The Morgan fingerprint density at radius 2 is 1.84 bits per heavy atom. The van der Waals surface area contributed by atoms with Crippen molar-refractivity contribution in [1.29, 1.82) is 5.26 Å². The largest absolute Gasteiger partial charge is 0.507 e. The van der Waals surface area contributed by atoms with E-state index in [-0.39, 0.29) is 28.0 Å². The number of hydrogen-bond acceptors (Lipinski definition) is 11. The molecule has 0 saturated carbocycles. The molecule has 2 aromatic rings. The van der Waals surface area contributed by atoms with Gasteiger partial charge in [0, 0.05) is 36.0 Å². The second kappa shape index (κ2) is 10.5. The van der Waals surface area contributed by atoms with Crippen LogP contribution in [0.1, 0.15) is 68.8 Å². The van der Waals surface area contributed by atoms with Crippen LogP contribution in [0.5, 0.6) is 17.2 Å². The lowest BCUT2D eigenvalue weighted by atomic mass is 9.73. The molecule has 0 spiro atoms. The van der Waals surface area contributed by atoms with E-state index in [9.17, 15) is 53.2 Å². The van der Waals surface area contributed by atoms with E-state index < -0.39 is 102 Å². The number of aliphatic hydroxyl groups excluding tert-OH is 1. The molecule has 0 aromatic heterocycles. The molecule has 1 fully saturated rings. The molecule has 1 amide bonds. The quantitative estimate of drug-likeness (QED) is 0.214. The smallest absolute Gasteiger partial charge is 0.471 e. The maximum absolute atomic E-state index is 13.6. The maximum atomic E-state index is 13.6. The van der Waals surface area contributed by atoms with Crippen LogP contribution in [-0.4, -0.2) is 81.3 Å². The number of fused-ring (bicyclic) bond motifs is 3. The van der Waals surface area contributed by atoms with Gasteiger partial charge in [0.25, 0.3) is 0 Å². The standard InChI is InChI=1S/C28H25F3N2O10/c1-10-21(34)13(33-26(39)28(29,30)31)6-16(42-10)43-15-8-27(40,9-32)7-12-18(15)25(38)20-19(23(12)36)22(35)11-4-3-5-14(41-2)17(11)24(20)37/h3-5,10,13,15-16,21,34,36,38,40H,6-8H2,1-2H3,(H,33,39)/t10-,13-,15-,16+,21-,27+/m0/s1. The first kappa shape index (κ1) is 30.2. The molecule has 15 heteroatoms. The number of nitrogens with one attached hydrogen (secondary N) is 1. The highest BCUT2D eigenvalue weighted by molar-refractivity contribution is 6.31. The van der Waals surface area contributed by atoms with Gasteiger partial charge in [-0.2, -0.15) is 18.4 Å². The van der Waals surface area contributed by atoms with E-state index in [2.05, 4.69) is 0 Å². The van der Waals surface area contributed by atoms with E-state index in [1.54, 1.807) is 11.4 Å². The van der Waals surface area contributed by atoms with Crippen molar-refractivity contribution >= 4 is 17.5 Å². The number of phenolic OH excluding ortho intramolecular Hbond substituents is 2. The molecular formula is C28H25F3N2O10. The first-order valence-corrected chi connectivity index (χ1v) is 13.0. The van der Waals surface area contributed by atoms with Gasteiger partial charge in [-0.25, -0.2) is 0 Å². The van der Waals surface area contributed by atoms with Gasteiger partial charge in [-0.15, -0.1) is 0 Å². The van der Waals surface area contributed by atoms with Gasteiger partial charge in [0.15, 0.2) is 17.7 Å². The molecule has 6 atom stereocenters. The zero-order valence-electron chi connectivity index (χ0n) is 22.6. The van der Waals surface area contributed by atoms with Crippen LogP contribution in [0.15, 0.2) is 18.2 Å². The fourth-order valence-electron chi connectivity index (χ4n) is 5.83. The lowest BCUT2D eigenvalue weighted by molar-refractivity contribution is -0.249. The van der Waals surface area contributed by atoms with Crippen molar-refractivity contribution in [2.75, 3.05) is 7.11 Å². The van der Waals surface area contributed by atoms with Crippen LogP contribution in [0.3, 0.4) is 0 Å². The third-order valence-electron chi connectivity index (χ3n) is 7.88. The van der Waals surface area contributed by atoms with Gasteiger partial charge >= 0.3 is 12.1 Å². The Labute approximate surface area is 241 Å². The van der Waals surface area contributed by atoms with Gasteiger partial charge in [-0.1, -0.05) is 12.1 Å². The SMILES string of the molecule is COc1cccc2c1C(=O)c1c(O)c3c(c(O)c1C2=O)C[C@](O)(C#N)C[C@@H]3O[C@@H]1C[C@H](NC(=O)C(F)(F)F)[C@@H](O)[C@H](C)O1. The molecule has 5 N–H and O–H groups in total. The third kappa shape index (κ3) is 4.95. The Balaban J connectivity index is 1.58. The summed E-state index contributed by atoms with van der Waals surface area (Å²) in [6, 6.07) is 4.40. The highest BCUT2D eigenvalue weighted by Crippen LogP contribution is 2.52. The molecule has 2 aromatic carbocycles. The summed E-state index contributed by atoms with van der Waals surface area (Å²) in [5.41, 5.74) is -4.14. The molecule has 1 aliphatic heterocycles. The van der Waals surface area contributed by atoms with Crippen molar-refractivity contribution in [3.63, 3.8) is 0 Å². The third-order valence-corrected chi connectivity index (χ3v) is 7.88. The summed E-state index contributed by atoms with van der Waals surface area (Å²) in [5.74, 6) is -5.53. The van der Waals surface area contributed by atoms with Crippen LogP contribution in [0.25, 0.3) is 0 Å². The zero-order valence-corrected chi connectivity index (χ0v) is 22.6. The number of halogens is 3. The summed E-state index contributed by atoms with van der Waals surface area (Å²) in [5, 5.41) is 55.5. The molecule has 0 radical (unpaired) electrons. The predicted molar refractivity (Wildman–Crippen MR) is 135 cm³/mol. The number of carbonyl (C=O) groups excluding carboxylic acids is 3. The number of hydrogen-bond donors (Lipinski definition) is 5. The van der Waals surface area contributed by atoms with Crippen LogP contribution in [0.4, 0.5) is 13.2 Å². The first-order valence-electron chi connectivity index (χ1n) is 13.0. The molecular weight excluding hydrogens is 581 g/mol. The van der Waals surface area contributed by atoms with Gasteiger partial charge in [0.1, 0.15) is 23.4 Å². The molecule has 3 aliphatic rings. The van der Waals surface area contributed by atoms with Crippen molar-refractivity contribution in [2.45, 2.75) is 68.6 Å². The summed E-state index contributed by atoms with van der Waals surface area (Å²) in [6.45, 7) is 1.31. The highest BCUT2D eigenvalue weighted by atomic mass is 19.4. The molecule has 1 heterocycles. The van der Waals surface area contributed by atoms with E-state index in [1.807, 2.05) is 0 Å². The molecule has 0 bridgehead atoms. The minimum absolute atomic E-state index is 0.0277. The van der Waals surface area contributed by atoms with E-state index in [4.69, 9.17) is 14.2 Å². The number of methoxy groups -OCH3 is 1. The van der Waals surface area contributed by atoms with Crippen LogP contribution < -0.4 is 10.1 Å². The number of aromatic hydroxyl groups is 2. The number of rotatable bonds is 4. The summed E-state index contributed by atoms with van der Waals surface area (Å²) in [4.78, 5) is 38.7. The molecule has 0 unspecified atom stereocenters.